The summed E-state index contributed by atoms with van der Waals surface area (Å²) in [4.78, 5) is 0. The van der Waals surface area contributed by atoms with Gasteiger partial charge in [0, 0.05) is 0 Å². The van der Waals surface area contributed by atoms with Crippen LogP contribution in [0.25, 0.3) is 0 Å². The monoisotopic (exact) mass is 169 g/mol. The first kappa shape index (κ1) is 12.0. The maximum atomic E-state index is 4.15. The smallest absolute Gasteiger partial charge is 0.0363 e. The minimum atomic E-state index is 0.596. The van der Waals surface area contributed by atoms with Crippen molar-refractivity contribution in [3.05, 3.63) is 6.92 Å². The van der Waals surface area contributed by atoms with Crippen LogP contribution in [0.15, 0.2) is 0 Å². The molecule has 0 aliphatic carbocycles. The van der Waals surface area contributed by atoms with Gasteiger partial charge in [-0.2, -0.15) is 0 Å². The normalized spacial score (nSPS) is 19.2. The summed E-state index contributed by atoms with van der Waals surface area (Å²) in [7, 11) is 0. The van der Waals surface area contributed by atoms with Gasteiger partial charge in [0.05, 0.1) is 0 Å². The maximum absolute atomic E-state index is 4.15. The Morgan fingerprint density at radius 1 is 1.00 bits per heavy atom. The lowest BCUT2D eigenvalue weighted by Gasteiger charge is -2.30. The average Bonchev–Trinajstić information content (AvgIpc) is 2.03. The second kappa shape index (κ2) is 5.61. The van der Waals surface area contributed by atoms with Gasteiger partial charge >= 0.3 is 0 Å². The molecule has 73 valence electrons. The summed E-state index contributed by atoms with van der Waals surface area (Å²) in [6, 6.07) is 0. The molecule has 0 aliphatic rings. The van der Waals surface area contributed by atoms with Gasteiger partial charge in [0.25, 0.3) is 0 Å². The molecule has 0 fully saturated rings. The number of rotatable bonds is 5. The van der Waals surface area contributed by atoms with Crippen LogP contribution in [-0.2, 0) is 0 Å². The van der Waals surface area contributed by atoms with Crippen molar-refractivity contribution in [2.24, 2.45) is 23.7 Å². The Morgan fingerprint density at radius 2 is 1.50 bits per heavy atom. The highest BCUT2D eigenvalue weighted by molar-refractivity contribution is 4.75. The fraction of sp³-hybridized carbons (Fsp3) is 0.917. The van der Waals surface area contributed by atoms with Crippen molar-refractivity contribution in [2.75, 3.05) is 0 Å². The molecule has 0 N–H and O–H groups in total. The SMILES string of the molecule is [CH2]C(C)C(CC)C(C)C(C)CC. The highest BCUT2D eigenvalue weighted by Crippen LogP contribution is 2.30. The van der Waals surface area contributed by atoms with E-state index in [0.29, 0.717) is 5.92 Å². The van der Waals surface area contributed by atoms with Crippen LogP contribution in [0.5, 0.6) is 0 Å². The summed E-state index contributed by atoms with van der Waals surface area (Å²) in [5.74, 6) is 3.07. The molecule has 0 aromatic carbocycles. The lowest BCUT2D eigenvalue weighted by atomic mass is 9.75. The van der Waals surface area contributed by atoms with Crippen LogP contribution in [0.1, 0.15) is 47.5 Å². The molecule has 12 heavy (non-hydrogen) atoms. The average molecular weight is 169 g/mol. The van der Waals surface area contributed by atoms with E-state index >= 15 is 0 Å². The molecule has 0 spiro atoms. The van der Waals surface area contributed by atoms with Crippen molar-refractivity contribution in [3.8, 4) is 0 Å². The molecule has 0 aromatic heterocycles. The lowest BCUT2D eigenvalue weighted by Crippen LogP contribution is -2.22. The van der Waals surface area contributed by atoms with Gasteiger partial charge in [0.2, 0.25) is 0 Å². The highest BCUT2D eigenvalue weighted by Gasteiger charge is 2.22. The molecular weight excluding hydrogens is 144 g/mol. The first-order valence-electron chi connectivity index (χ1n) is 5.37. The zero-order valence-electron chi connectivity index (χ0n) is 9.43. The van der Waals surface area contributed by atoms with Gasteiger partial charge in [0.1, 0.15) is 0 Å². The third-order valence-corrected chi connectivity index (χ3v) is 3.42. The lowest BCUT2D eigenvalue weighted by molar-refractivity contribution is 0.207. The molecule has 4 atom stereocenters. The molecular formula is C12H25. The van der Waals surface area contributed by atoms with E-state index in [4.69, 9.17) is 0 Å². The Bertz CT molecular complexity index is 105. The van der Waals surface area contributed by atoms with E-state index in [2.05, 4.69) is 41.5 Å². The predicted octanol–water partition coefficient (Wildman–Crippen LogP) is 4.16. The van der Waals surface area contributed by atoms with Gasteiger partial charge in [-0.15, -0.1) is 0 Å². The topological polar surface area (TPSA) is 0 Å². The van der Waals surface area contributed by atoms with Crippen molar-refractivity contribution in [1.82, 2.24) is 0 Å². The molecule has 0 heterocycles. The van der Waals surface area contributed by atoms with Crippen LogP contribution >= 0.6 is 0 Å². The molecule has 0 nitrogen and oxygen atoms in total. The standard InChI is InChI=1S/C12H25/c1-7-10(5)11(6)12(8-2)9(3)4/h9-12H,3,7-8H2,1-2,4-6H3. The van der Waals surface area contributed by atoms with Crippen LogP contribution < -0.4 is 0 Å². The minimum absolute atomic E-state index is 0.596. The summed E-state index contributed by atoms with van der Waals surface area (Å²) in [6.07, 6.45) is 2.57. The van der Waals surface area contributed by atoms with Gasteiger partial charge in [0.15, 0.2) is 0 Å². The molecule has 0 aliphatic heterocycles. The third kappa shape index (κ3) is 3.16. The Morgan fingerprint density at radius 3 is 1.75 bits per heavy atom. The first-order valence-corrected chi connectivity index (χ1v) is 5.37. The van der Waals surface area contributed by atoms with E-state index in [1.54, 1.807) is 0 Å². The van der Waals surface area contributed by atoms with E-state index in [9.17, 15) is 0 Å². The van der Waals surface area contributed by atoms with E-state index in [1.807, 2.05) is 0 Å². The maximum Gasteiger partial charge on any atom is -0.0363 e. The van der Waals surface area contributed by atoms with Gasteiger partial charge in [-0.1, -0.05) is 54.4 Å². The molecule has 4 unspecified atom stereocenters. The Balaban J connectivity index is 4.10. The Hall–Kier alpha value is 0. The summed E-state index contributed by atoms with van der Waals surface area (Å²) < 4.78 is 0. The van der Waals surface area contributed by atoms with Gasteiger partial charge in [-0.25, -0.2) is 0 Å². The molecule has 0 rings (SSSR count). The second-order valence-corrected chi connectivity index (χ2v) is 4.29. The Labute approximate surface area is 78.8 Å². The first-order chi connectivity index (χ1) is 5.54. The minimum Gasteiger partial charge on any atom is -0.0651 e. The highest BCUT2D eigenvalue weighted by atomic mass is 14.3. The fourth-order valence-electron chi connectivity index (χ4n) is 2.09. The number of hydrogen-bond acceptors (Lipinski definition) is 0. The molecule has 0 amide bonds. The fourth-order valence-corrected chi connectivity index (χ4v) is 2.09. The molecule has 0 bridgehead atoms. The third-order valence-electron chi connectivity index (χ3n) is 3.42. The zero-order valence-corrected chi connectivity index (χ0v) is 9.43. The van der Waals surface area contributed by atoms with E-state index in [-0.39, 0.29) is 0 Å². The summed E-state index contributed by atoms with van der Waals surface area (Å²) in [5.41, 5.74) is 0. The van der Waals surface area contributed by atoms with Crippen LogP contribution in [0.3, 0.4) is 0 Å². The van der Waals surface area contributed by atoms with E-state index in [0.717, 1.165) is 17.8 Å². The predicted molar refractivity (Wildman–Crippen MR) is 56.9 cm³/mol. The summed E-state index contributed by atoms with van der Waals surface area (Å²) >= 11 is 0. The van der Waals surface area contributed by atoms with Gasteiger partial charge < -0.3 is 0 Å². The summed E-state index contributed by atoms with van der Waals surface area (Å²) in [6.45, 7) is 15.7. The summed E-state index contributed by atoms with van der Waals surface area (Å²) in [5, 5.41) is 0. The zero-order chi connectivity index (χ0) is 9.72. The largest absolute Gasteiger partial charge is 0.0651 e. The van der Waals surface area contributed by atoms with Gasteiger partial charge in [-0.05, 0) is 23.7 Å². The molecule has 1 radical (unpaired) electrons. The van der Waals surface area contributed by atoms with Crippen molar-refractivity contribution < 1.29 is 0 Å². The molecule has 0 aromatic rings. The molecule has 0 heteroatoms. The van der Waals surface area contributed by atoms with Crippen molar-refractivity contribution in [3.63, 3.8) is 0 Å². The van der Waals surface area contributed by atoms with Crippen LogP contribution in [0.4, 0.5) is 0 Å². The molecule has 0 saturated heterocycles. The van der Waals surface area contributed by atoms with Crippen LogP contribution in [0.2, 0.25) is 0 Å². The molecule has 0 saturated carbocycles. The van der Waals surface area contributed by atoms with E-state index in [1.165, 1.54) is 12.8 Å². The van der Waals surface area contributed by atoms with Crippen molar-refractivity contribution >= 4 is 0 Å². The second-order valence-electron chi connectivity index (χ2n) is 4.29. The van der Waals surface area contributed by atoms with E-state index < -0.39 is 0 Å². The van der Waals surface area contributed by atoms with Crippen molar-refractivity contribution in [1.29, 1.82) is 0 Å². The van der Waals surface area contributed by atoms with Gasteiger partial charge in [-0.3, -0.25) is 0 Å². The Kier molecular flexibility index (Phi) is 5.61. The van der Waals surface area contributed by atoms with Crippen LogP contribution in [-0.4, -0.2) is 0 Å². The van der Waals surface area contributed by atoms with Crippen LogP contribution in [0, 0.1) is 30.6 Å². The quantitative estimate of drug-likeness (QED) is 0.579. The number of hydrogen-bond donors (Lipinski definition) is 0. The van der Waals surface area contributed by atoms with Crippen molar-refractivity contribution in [2.45, 2.75) is 47.5 Å².